The molecule has 2 heteroatoms. The molecule has 13 heavy (non-hydrogen) atoms. The Morgan fingerprint density at radius 1 is 1.46 bits per heavy atom. The van der Waals surface area contributed by atoms with E-state index in [1.165, 1.54) is 12.8 Å². The lowest BCUT2D eigenvalue weighted by Gasteiger charge is -2.37. The predicted octanol–water partition coefficient (Wildman–Crippen LogP) is 1.93. The molecule has 2 atom stereocenters. The number of hydrogen-bond donors (Lipinski definition) is 2. The lowest BCUT2D eigenvalue weighted by atomic mass is 9.83. The molecule has 0 aromatic heterocycles. The van der Waals surface area contributed by atoms with Crippen LogP contribution in [0.3, 0.4) is 0 Å². The summed E-state index contributed by atoms with van der Waals surface area (Å²) in [4.78, 5) is 0. The summed E-state index contributed by atoms with van der Waals surface area (Å²) in [6.07, 6.45) is 4.53. The van der Waals surface area contributed by atoms with E-state index in [1.54, 1.807) is 0 Å². The van der Waals surface area contributed by atoms with E-state index in [0.717, 1.165) is 19.4 Å². The van der Waals surface area contributed by atoms with Crippen LogP contribution in [0.1, 0.15) is 46.5 Å². The Hall–Kier alpha value is -0.0800. The lowest BCUT2D eigenvalue weighted by Crippen LogP contribution is -2.51. The maximum absolute atomic E-state index is 10.2. The van der Waals surface area contributed by atoms with Crippen LogP contribution >= 0.6 is 0 Å². The van der Waals surface area contributed by atoms with Crippen molar-refractivity contribution in [3.05, 3.63) is 0 Å². The smallest absolute Gasteiger partial charge is 0.0774 e. The topological polar surface area (TPSA) is 32.3 Å². The highest BCUT2D eigenvalue weighted by atomic mass is 16.3. The van der Waals surface area contributed by atoms with E-state index in [4.69, 9.17) is 0 Å². The second kappa shape index (κ2) is 4.43. The van der Waals surface area contributed by atoms with Gasteiger partial charge in [-0.05, 0) is 38.6 Å². The summed E-state index contributed by atoms with van der Waals surface area (Å²) in [6.45, 7) is 7.36. The van der Waals surface area contributed by atoms with Gasteiger partial charge in [0.05, 0.1) is 5.60 Å². The van der Waals surface area contributed by atoms with Gasteiger partial charge in [-0.1, -0.05) is 20.3 Å². The molecule has 0 amide bonds. The van der Waals surface area contributed by atoms with Crippen molar-refractivity contribution in [3.63, 3.8) is 0 Å². The zero-order valence-corrected chi connectivity index (χ0v) is 9.14. The maximum Gasteiger partial charge on any atom is 0.0774 e. The zero-order chi connectivity index (χ0) is 9.90. The van der Waals surface area contributed by atoms with E-state index >= 15 is 0 Å². The first kappa shape index (κ1) is 11.0. The van der Waals surface area contributed by atoms with Gasteiger partial charge in [-0.15, -0.1) is 0 Å². The molecule has 2 N–H and O–H groups in total. The first-order chi connectivity index (χ1) is 6.02. The van der Waals surface area contributed by atoms with Gasteiger partial charge in [-0.3, -0.25) is 0 Å². The van der Waals surface area contributed by atoms with Crippen molar-refractivity contribution in [3.8, 4) is 0 Å². The van der Waals surface area contributed by atoms with E-state index < -0.39 is 5.60 Å². The number of rotatable bonds is 3. The van der Waals surface area contributed by atoms with Crippen LogP contribution in [0.5, 0.6) is 0 Å². The van der Waals surface area contributed by atoms with Gasteiger partial charge in [-0.2, -0.15) is 0 Å². The fraction of sp³-hybridized carbons (Fsp3) is 1.00. The summed E-state index contributed by atoms with van der Waals surface area (Å²) < 4.78 is 0. The highest BCUT2D eigenvalue weighted by Crippen LogP contribution is 2.25. The highest BCUT2D eigenvalue weighted by molar-refractivity contribution is 4.90. The molecular formula is C11H23NO. The van der Waals surface area contributed by atoms with Gasteiger partial charge in [0.2, 0.25) is 0 Å². The van der Waals surface area contributed by atoms with Crippen LogP contribution in [0.15, 0.2) is 0 Å². The average Bonchev–Trinajstić information content (AvgIpc) is 2.04. The molecule has 0 bridgehead atoms. The SMILES string of the molecule is CC(C)CC(C)(O)C1CCCCN1. The fourth-order valence-corrected chi connectivity index (χ4v) is 2.35. The van der Waals surface area contributed by atoms with Crippen LogP contribution in [-0.4, -0.2) is 23.3 Å². The quantitative estimate of drug-likeness (QED) is 0.704. The first-order valence-electron chi connectivity index (χ1n) is 5.48. The van der Waals surface area contributed by atoms with Gasteiger partial charge >= 0.3 is 0 Å². The second-order valence-electron chi connectivity index (χ2n) is 4.96. The van der Waals surface area contributed by atoms with Crippen molar-refractivity contribution in [2.24, 2.45) is 5.92 Å². The van der Waals surface area contributed by atoms with Gasteiger partial charge in [0.15, 0.2) is 0 Å². The average molecular weight is 185 g/mol. The van der Waals surface area contributed by atoms with E-state index in [1.807, 2.05) is 6.92 Å². The van der Waals surface area contributed by atoms with Gasteiger partial charge in [-0.25, -0.2) is 0 Å². The summed E-state index contributed by atoms with van der Waals surface area (Å²) in [5, 5.41) is 13.7. The van der Waals surface area contributed by atoms with Crippen molar-refractivity contribution in [2.75, 3.05) is 6.54 Å². The normalized spacial score (nSPS) is 28.8. The minimum absolute atomic E-state index is 0.309. The Kier molecular flexibility index (Phi) is 3.74. The predicted molar refractivity (Wildman–Crippen MR) is 55.7 cm³/mol. The fourth-order valence-electron chi connectivity index (χ4n) is 2.35. The molecule has 1 saturated heterocycles. The molecule has 0 saturated carbocycles. The molecule has 1 aliphatic heterocycles. The summed E-state index contributed by atoms with van der Waals surface area (Å²) in [5.41, 5.74) is -0.519. The lowest BCUT2D eigenvalue weighted by molar-refractivity contribution is -0.00759. The van der Waals surface area contributed by atoms with E-state index in [0.29, 0.717) is 12.0 Å². The zero-order valence-electron chi connectivity index (χ0n) is 9.14. The maximum atomic E-state index is 10.2. The molecule has 0 aromatic rings. The van der Waals surface area contributed by atoms with Crippen LogP contribution in [-0.2, 0) is 0 Å². The second-order valence-corrected chi connectivity index (χ2v) is 4.96. The number of aliphatic hydroxyl groups is 1. The number of piperidine rings is 1. The minimum atomic E-state index is -0.519. The van der Waals surface area contributed by atoms with Crippen LogP contribution in [0, 0.1) is 5.92 Å². The highest BCUT2D eigenvalue weighted by Gasteiger charge is 2.32. The van der Waals surface area contributed by atoms with Crippen molar-refractivity contribution in [1.29, 1.82) is 0 Å². The van der Waals surface area contributed by atoms with E-state index in [-0.39, 0.29) is 0 Å². The van der Waals surface area contributed by atoms with Gasteiger partial charge in [0.25, 0.3) is 0 Å². The van der Waals surface area contributed by atoms with Crippen LogP contribution in [0.4, 0.5) is 0 Å². The summed E-state index contributed by atoms with van der Waals surface area (Å²) >= 11 is 0. The third kappa shape index (κ3) is 3.28. The van der Waals surface area contributed by atoms with Crippen LogP contribution in [0.2, 0.25) is 0 Å². The Balaban J connectivity index is 2.45. The molecule has 2 nitrogen and oxygen atoms in total. The molecule has 1 rings (SSSR count). The number of nitrogens with one attached hydrogen (secondary N) is 1. The van der Waals surface area contributed by atoms with E-state index in [9.17, 15) is 5.11 Å². The molecule has 0 spiro atoms. The molecule has 78 valence electrons. The van der Waals surface area contributed by atoms with Crippen molar-refractivity contribution < 1.29 is 5.11 Å². The molecule has 1 aliphatic rings. The standard InChI is InChI=1S/C11H23NO/c1-9(2)8-11(3,13)10-6-4-5-7-12-10/h9-10,12-13H,4-8H2,1-3H3. The Morgan fingerprint density at radius 3 is 2.62 bits per heavy atom. The molecule has 1 fully saturated rings. The Morgan fingerprint density at radius 2 is 2.15 bits per heavy atom. The molecule has 0 aromatic carbocycles. The summed E-state index contributed by atoms with van der Waals surface area (Å²) in [7, 11) is 0. The van der Waals surface area contributed by atoms with Crippen molar-refractivity contribution in [2.45, 2.75) is 58.1 Å². The van der Waals surface area contributed by atoms with Gasteiger partial charge in [0, 0.05) is 6.04 Å². The van der Waals surface area contributed by atoms with Crippen LogP contribution < -0.4 is 5.32 Å². The first-order valence-corrected chi connectivity index (χ1v) is 5.48. The van der Waals surface area contributed by atoms with Crippen molar-refractivity contribution >= 4 is 0 Å². The van der Waals surface area contributed by atoms with Crippen LogP contribution in [0.25, 0.3) is 0 Å². The summed E-state index contributed by atoms with van der Waals surface area (Å²) in [6, 6.07) is 0.309. The largest absolute Gasteiger partial charge is 0.389 e. The van der Waals surface area contributed by atoms with E-state index in [2.05, 4.69) is 19.2 Å². The third-order valence-electron chi connectivity index (χ3n) is 2.88. The molecule has 0 aliphatic carbocycles. The minimum Gasteiger partial charge on any atom is -0.389 e. The molecular weight excluding hydrogens is 162 g/mol. The Labute approximate surface area is 81.7 Å². The molecule has 0 radical (unpaired) electrons. The number of hydrogen-bond acceptors (Lipinski definition) is 2. The Bertz CT molecular complexity index is 148. The monoisotopic (exact) mass is 185 g/mol. The molecule has 1 heterocycles. The third-order valence-corrected chi connectivity index (χ3v) is 2.88. The van der Waals surface area contributed by atoms with Gasteiger partial charge < -0.3 is 10.4 Å². The summed E-state index contributed by atoms with van der Waals surface area (Å²) in [5.74, 6) is 0.568. The van der Waals surface area contributed by atoms with Crippen molar-refractivity contribution in [1.82, 2.24) is 5.32 Å². The van der Waals surface area contributed by atoms with Gasteiger partial charge in [0.1, 0.15) is 0 Å². The molecule has 2 unspecified atom stereocenters.